The zero-order chi connectivity index (χ0) is 13.3. The van der Waals surface area contributed by atoms with Gasteiger partial charge in [-0.05, 0) is 18.2 Å². The summed E-state index contributed by atoms with van der Waals surface area (Å²) in [6.07, 6.45) is -3.50. The van der Waals surface area contributed by atoms with Gasteiger partial charge in [-0.1, -0.05) is 0 Å². The van der Waals surface area contributed by atoms with Crippen LogP contribution in [-0.4, -0.2) is 21.1 Å². The average molecular weight is 256 g/mol. The molecule has 3 N–H and O–H groups in total. The van der Waals surface area contributed by atoms with Crippen LogP contribution in [0.25, 0.3) is 11.3 Å². The molecule has 0 aliphatic carbocycles. The van der Waals surface area contributed by atoms with Crippen LogP contribution in [0.1, 0.15) is 16.2 Å². The molecule has 18 heavy (non-hydrogen) atoms. The summed E-state index contributed by atoms with van der Waals surface area (Å²) in [5.41, 5.74) is 4.39. The van der Waals surface area contributed by atoms with Gasteiger partial charge < -0.3 is 5.73 Å². The van der Waals surface area contributed by atoms with E-state index in [0.29, 0.717) is 0 Å². The highest BCUT2D eigenvalue weighted by molar-refractivity contribution is 5.91. The number of carbonyl (C=O) groups is 1. The minimum Gasteiger partial charge on any atom is -0.364 e. The number of nitrogens with one attached hydrogen (secondary N) is 1. The van der Waals surface area contributed by atoms with E-state index in [-0.39, 0.29) is 17.0 Å². The van der Waals surface area contributed by atoms with Crippen LogP contribution in [0.15, 0.2) is 24.4 Å². The van der Waals surface area contributed by atoms with Gasteiger partial charge in [0.15, 0.2) is 0 Å². The third-order valence-corrected chi connectivity index (χ3v) is 2.19. The van der Waals surface area contributed by atoms with Crippen molar-refractivity contribution in [1.29, 1.82) is 0 Å². The molecule has 0 spiro atoms. The minimum atomic E-state index is -4.53. The first-order chi connectivity index (χ1) is 8.38. The fourth-order valence-electron chi connectivity index (χ4n) is 1.34. The van der Waals surface area contributed by atoms with E-state index in [0.717, 1.165) is 12.3 Å². The zero-order valence-electron chi connectivity index (χ0n) is 8.82. The summed E-state index contributed by atoms with van der Waals surface area (Å²) in [4.78, 5) is 14.1. The van der Waals surface area contributed by atoms with Gasteiger partial charge >= 0.3 is 6.18 Å². The summed E-state index contributed by atoms with van der Waals surface area (Å²) < 4.78 is 37.4. The minimum absolute atomic E-state index is 0.0235. The molecule has 94 valence electrons. The van der Waals surface area contributed by atoms with Crippen LogP contribution in [0, 0.1) is 0 Å². The van der Waals surface area contributed by atoms with E-state index >= 15 is 0 Å². The largest absolute Gasteiger partial charge is 0.433 e. The van der Waals surface area contributed by atoms with Gasteiger partial charge in [0.25, 0.3) is 5.91 Å². The molecule has 0 radical (unpaired) electrons. The van der Waals surface area contributed by atoms with Gasteiger partial charge in [0.1, 0.15) is 11.4 Å². The molecule has 0 unspecified atom stereocenters. The van der Waals surface area contributed by atoms with Crippen molar-refractivity contribution in [3.63, 3.8) is 0 Å². The Labute approximate surface area is 98.8 Å². The van der Waals surface area contributed by atoms with Gasteiger partial charge in [-0.15, -0.1) is 0 Å². The number of pyridine rings is 1. The first-order valence-electron chi connectivity index (χ1n) is 4.77. The number of hydrogen-bond donors (Lipinski definition) is 2. The van der Waals surface area contributed by atoms with Crippen molar-refractivity contribution >= 4 is 5.91 Å². The van der Waals surface area contributed by atoms with Crippen LogP contribution in [0.5, 0.6) is 0 Å². The second kappa shape index (κ2) is 4.13. The Balaban J connectivity index is 2.41. The highest BCUT2D eigenvalue weighted by Crippen LogP contribution is 2.29. The first kappa shape index (κ1) is 12.1. The van der Waals surface area contributed by atoms with E-state index in [1.54, 1.807) is 0 Å². The molecule has 0 aliphatic heterocycles. The van der Waals surface area contributed by atoms with Crippen molar-refractivity contribution in [1.82, 2.24) is 15.2 Å². The molecule has 0 saturated heterocycles. The molecular weight excluding hydrogens is 249 g/mol. The number of primary amides is 1. The standard InChI is InChI=1S/C10H7F3N4O/c11-10(12,13)8-3-5(1-2-15-8)6-4-7(9(14)18)17-16-6/h1-4H,(H2,14,18)(H,16,17). The fraction of sp³-hybridized carbons (Fsp3) is 0.100. The number of rotatable bonds is 2. The van der Waals surface area contributed by atoms with Gasteiger partial charge in [-0.2, -0.15) is 18.3 Å². The fourth-order valence-corrected chi connectivity index (χ4v) is 1.34. The predicted molar refractivity (Wildman–Crippen MR) is 55.3 cm³/mol. The number of alkyl halides is 3. The lowest BCUT2D eigenvalue weighted by Crippen LogP contribution is -2.10. The summed E-state index contributed by atoms with van der Waals surface area (Å²) in [7, 11) is 0. The molecule has 2 aromatic rings. The van der Waals surface area contributed by atoms with E-state index in [2.05, 4.69) is 15.2 Å². The van der Waals surface area contributed by atoms with E-state index in [1.807, 2.05) is 0 Å². The van der Waals surface area contributed by atoms with Crippen molar-refractivity contribution in [2.24, 2.45) is 5.73 Å². The summed E-state index contributed by atoms with van der Waals surface area (Å²) in [6.45, 7) is 0. The second-order valence-corrected chi connectivity index (χ2v) is 3.46. The lowest BCUT2D eigenvalue weighted by Gasteiger charge is -2.05. The molecule has 0 saturated carbocycles. The number of aromatic amines is 1. The number of H-pyrrole nitrogens is 1. The van der Waals surface area contributed by atoms with Crippen LogP contribution in [0.3, 0.4) is 0 Å². The number of carbonyl (C=O) groups excluding carboxylic acids is 1. The van der Waals surface area contributed by atoms with Gasteiger partial charge in [-0.3, -0.25) is 14.9 Å². The van der Waals surface area contributed by atoms with Crippen molar-refractivity contribution < 1.29 is 18.0 Å². The SMILES string of the molecule is NC(=O)c1cc(-c2ccnc(C(F)(F)F)c2)n[nH]1. The molecule has 0 fully saturated rings. The van der Waals surface area contributed by atoms with E-state index in [4.69, 9.17) is 5.73 Å². The molecule has 2 aromatic heterocycles. The van der Waals surface area contributed by atoms with Crippen LogP contribution >= 0.6 is 0 Å². The molecule has 0 aromatic carbocycles. The van der Waals surface area contributed by atoms with Gasteiger partial charge in [-0.25, -0.2) is 0 Å². The second-order valence-electron chi connectivity index (χ2n) is 3.46. The van der Waals surface area contributed by atoms with E-state index < -0.39 is 17.8 Å². The Bertz CT molecular complexity index is 591. The molecule has 0 bridgehead atoms. The molecule has 2 heterocycles. The smallest absolute Gasteiger partial charge is 0.364 e. The summed E-state index contributed by atoms with van der Waals surface area (Å²) in [6, 6.07) is 3.48. The zero-order valence-corrected chi connectivity index (χ0v) is 8.82. The third-order valence-electron chi connectivity index (χ3n) is 2.19. The average Bonchev–Trinajstić information content (AvgIpc) is 2.77. The molecule has 8 heteroatoms. The van der Waals surface area contributed by atoms with Gasteiger partial charge in [0.05, 0.1) is 5.69 Å². The molecule has 1 amide bonds. The summed E-state index contributed by atoms with van der Waals surface area (Å²) >= 11 is 0. The summed E-state index contributed by atoms with van der Waals surface area (Å²) in [5.74, 6) is -0.737. The van der Waals surface area contributed by atoms with Crippen molar-refractivity contribution in [3.8, 4) is 11.3 Å². The first-order valence-corrected chi connectivity index (χ1v) is 4.77. The number of aromatic nitrogens is 3. The van der Waals surface area contributed by atoms with Gasteiger partial charge in [0.2, 0.25) is 0 Å². The topological polar surface area (TPSA) is 84.7 Å². The van der Waals surface area contributed by atoms with Gasteiger partial charge in [0, 0.05) is 11.8 Å². The van der Waals surface area contributed by atoms with E-state index in [9.17, 15) is 18.0 Å². The Hall–Kier alpha value is -2.38. The lowest BCUT2D eigenvalue weighted by atomic mass is 10.1. The van der Waals surface area contributed by atoms with Crippen LogP contribution < -0.4 is 5.73 Å². The molecule has 2 rings (SSSR count). The number of nitrogens with zero attached hydrogens (tertiary/aromatic N) is 2. The van der Waals surface area contributed by atoms with Crippen molar-refractivity contribution in [2.45, 2.75) is 6.18 Å². The van der Waals surface area contributed by atoms with Crippen LogP contribution in [0.2, 0.25) is 0 Å². The lowest BCUT2D eigenvalue weighted by molar-refractivity contribution is -0.141. The Kier molecular flexibility index (Phi) is 2.77. The van der Waals surface area contributed by atoms with Crippen molar-refractivity contribution in [2.75, 3.05) is 0 Å². The molecule has 0 atom stereocenters. The Morgan fingerprint density at radius 1 is 1.33 bits per heavy atom. The third kappa shape index (κ3) is 2.31. The number of hydrogen-bond acceptors (Lipinski definition) is 3. The number of amides is 1. The highest BCUT2D eigenvalue weighted by atomic mass is 19.4. The number of halogens is 3. The Morgan fingerprint density at radius 3 is 2.61 bits per heavy atom. The summed E-state index contributed by atoms with van der Waals surface area (Å²) in [5, 5.41) is 6.05. The number of nitrogens with two attached hydrogens (primary N) is 1. The maximum Gasteiger partial charge on any atom is 0.433 e. The highest BCUT2D eigenvalue weighted by Gasteiger charge is 2.32. The van der Waals surface area contributed by atoms with E-state index in [1.165, 1.54) is 12.1 Å². The monoisotopic (exact) mass is 256 g/mol. The molecule has 5 nitrogen and oxygen atoms in total. The molecular formula is C10H7F3N4O. The Morgan fingerprint density at radius 2 is 2.06 bits per heavy atom. The van der Waals surface area contributed by atoms with Crippen LogP contribution in [0.4, 0.5) is 13.2 Å². The maximum absolute atomic E-state index is 12.5. The van der Waals surface area contributed by atoms with Crippen molar-refractivity contribution in [3.05, 3.63) is 35.8 Å². The molecule has 0 aliphatic rings. The maximum atomic E-state index is 12.5. The normalized spacial score (nSPS) is 11.5. The predicted octanol–water partition coefficient (Wildman–Crippen LogP) is 1.59. The quantitative estimate of drug-likeness (QED) is 0.855. The van der Waals surface area contributed by atoms with Crippen LogP contribution in [-0.2, 0) is 6.18 Å².